The van der Waals surface area contributed by atoms with Crippen molar-refractivity contribution in [2.24, 2.45) is 0 Å². The average molecular weight is 392 g/mol. The molecule has 2 heterocycles. The Morgan fingerprint density at radius 3 is 2.34 bits per heavy atom. The predicted octanol–water partition coefficient (Wildman–Crippen LogP) is 4.71. The molecule has 0 aliphatic heterocycles. The van der Waals surface area contributed by atoms with Crippen LogP contribution in [0.15, 0.2) is 42.6 Å². The number of aromatic nitrogens is 4. The van der Waals surface area contributed by atoms with Crippen molar-refractivity contribution in [2.45, 2.75) is 39.7 Å². The lowest BCUT2D eigenvalue weighted by atomic mass is 9.98. The van der Waals surface area contributed by atoms with Gasteiger partial charge >= 0.3 is 6.01 Å². The number of benzene rings is 2. The zero-order valence-corrected chi connectivity index (χ0v) is 16.8. The standard InChI is InChI=1S/C22H24N4O3/c1-12(2)15-10-16(20(28)11-19(15)27)21-23-24-22(29)26(21)18-7-5-6-17-14(18)8-9-25(17)13(3)4/h5-13,27-28H,1-4H3,(H,24,29). The van der Waals surface area contributed by atoms with E-state index in [0.29, 0.717) is 22.6 Å². The van der Waals surface area contributed by atoms with Crippen LogP contribution in [-0.2, 0) is 0 Å². The summed E-state index contributed by atoms with van der Waals surface area (Å²) in [5.41, 5.74) is 2.79. The number of nitrogens with zero attached hydrogens (tertiary/aromatic N) is 4. The van der Waals surface area contributed by atoms with Crippen LogP contribution in [0.1, 0.15) is 45.2 Å². The summed E-state index contributed by atoms with van der Waals surface area (Å²) in [7, 11) is 0. The van der Waals surface area contributed by atoms with Crippen molar-refractivity contribution in [1.82, 2.24) is 19.3 Å². The van der Waals surface area contributed by atoms with E-state index < -0.39 is 0 Å². The molecule has 0 radical (unpaired) electrons. The summed E-state index contributed by atoms with van der Waals surface area (Å²) in [5.74, 6) is 0.231. The minimum atomic E-state index is -0.275. The van der Waals surface area contributed by atoms with E-state index in [-0.39, 0.29) is 29.5 Å². The fourth-order valence-electron chi connectivity index (χ4n) is 3.73. The molecule has 4 rings (SSSR count). The monoisotopic (exact) mass is 392 g/mol. The van der Waals surface area contributed by atoms with Crippen molar-refractivity contribution in [2.75, 3.05) is 0 Å². The molecule has 0 fully saturated rings. The first-order valence-corrected chi connectivity index (χ1v) is 9.60. The molecule has 4 aromatic rings. The third-order valence-electron chi connectivity index (χ3n) is 5.19. The largest absolute Gasteiger partial charge is 0.508 e. The van der Waals surface area contributed by atoms with E-state index in [4.69, 9.17) is 0 Å². The van der Waals surface area contributed by atoms with Crippen molar-refractivity contribution in [1.29, 1.82) is 0 Å². The van der Waals surface area contributed by atoms with E-state index in [1.54, 1.807) is 6.07 Å². The molecule has 0 saturated carbocycles. The molecular weight excluding hydrogens is 368 g/mol. The molecule has 0 aliphatic carbocycles. The second-order valence-electron chi connectivity index (χ2n) is 7.77. The van der Waals surface area contributed by atoms with Gasteiger partial charge in [-0.25, -0.2) is 4.57 Å². The quantitative estimate of drug-likeness (QED) is 0.467. The van der Waals surface area contributed by atoms with E-state index >= 15 is 0 Å². The number of rotatable bonds is 4. The number of phenols is 2. The highest BCUT2D eigenvalue weighted by atomic mass is 16.3. The van der Waals surface area contributed by atoms with E-state index in [1.165, 1.54) is 10.6 Å². The van der Waals surface area contributed by atoms with Gasteiger partial charge in [0.05, 0.1) is 16.8 Å². The SMILES string of the molecule is CC(C)c1cc(-c2nnc(O)n2-c2cccc3c2ccn3C(C)C)c(O)cc1O. The van der Waals surface area contributed by atoms with Crippen molar-refractivity contribution in [3.8, 4) is 34.6 Å². The lowest BCUT2D eigenvalue weighted by molar-refractivity contribution is 0.420. The van der Waals surface area contributed by atoms with Crippen molar-refractivity contribution < 1.29 is 15.3 Å². The first-order chi connectivity index (χ1) is 13.8. The minimum absolute atomic E-state index is 0.0210. The van der Waals surface area contributed by atoms with Gasteiger partial charge in [0.2, 0.25) is 0 Å². The van der Waals surface area contributed by atoms with Gasteiger partial charge in [0.25, 0.3) is 0 Å². The second kappa shape index (κ2) is 6.84. The molecule has 150 valence electrons. The molecule has 7 heteroatoms. The molecule has 0 aliphatic rings. The Hall–Kier alpha value is -3.48. The first kappa shape index (κ1) is 18.9. The van der Waals surface area contributed by atoms with E-state index in [1.807, 2.05) is 44.3 Å². The van der Waals surface area contributed by atoms with E-state index in [2.05, 4.69) is 28.6 Å². The summed E-state index contributed by atoms with van der Waals surface area (Å²) in [6, 6.07) is 10.8. The van der Waals surface area contributed by atoms with Gasteiger partial charge in [-0.05, 0) is 49.6 Å². The van der Waals surface area contributed by atoms with Crippen LogP contribution in [0.3, 0.4) is 0 Å². The molecule has 2 aromatic carbocycles. The summed E-state index contributed by atoms with van der Waals surface area (Å²) in [5, 5.41) is 40.0. The maximum atomic E-state index is 10.5. The molecule has 29 heavy (non-hydrogen) atoms. The molecule has 3 N–H and O–H groups in total. The predicted molar refractivity (Wildman–Crippen MR) is 112 cm³/mol. The summed E-state index contributed by atoms with van der Waals surface area (Å²) in [4.78, 5) is 0. The van der Waals surface area contributed by atoms with Gasteiger partial charge in [0.15, 0.2) is 5.82 Å². The van der Waals surface area contributed by atoms with Crippen LogP contribution in [-0.4, -0.2) is 34.7 Å². The van der Waals surface area contributed by atoms with Gasteiger partial charge in [0.1, 0.15) is 11.5 Å². The van der Waals surface area contributed by atoms with Crippen LogP contribution in [0, 0.1) is 0 Å². The van der Waals surface area contributed by atoms with Crippen LogP contribution in [0.25, 0.3) is 28.0 Å². The Labute approximate surface area is 168 Å². The summed E-state index contributed by atoms with van der Waals surface area (Å²) in [6.07, 6.45) is 2.01. The molecule has 0 unspecified atom stereocenters. The Balaban J connectivity index is 1.98. The smallest absolute Gasteiger partial charge is 0.319 e. The minimum Gasteiger partial charge on any atom is -0.508 e. The number of phenolic OH excluding ortho intramolecular Hbond substituents is 2. The number of hydrogen-bond donors (Lipinski definition) is 3. The van der Waals surface area contributed by atoms with Crippen LogP contribution in [0.5, 0.6) is 17.5 Å². The highest BCUT2D eigenvalue weighted by molar-refractivity contribution is 5.90. The van der Waals surface area contributed by atoms with Gasteiger partial charge in [-0.15, -0.1) is 5.10 Å². The Kier molecular flexibility index (Phi) is 4.45. The van der Waals surface area contributed by atoms with Gasteiger partial charge in [-0.3, -0.25) is 0 Å². The molecule has 0 atom stereocenters. The molecule has 2 aromatic heterocycles. The van der Waals surface area contributed by atoms with Gasteiger partial charge in [-0.1, -0.05) is 25.0 Å². The van der Waals surface area contributed by atoms with Crippen molar-refractivity contribution >= 4 is 10.9 Å². The number of aromatic hydroxyl groups is 3. The maximum absolute atomic E-state index is 10.5. The highest BCUT2D eigenvalue weighted by Gasteiger charge is 2.22. The normalized spacial score (nSPS) is 11.8. The van der Waals surface area contributed by atoms with Gasteiger partial charge in [0, 0.05) is 23.7 Å². The molecule has 7 nitrogen and oxygen atoms in total. The topological polar surface area (TPSA) is 96.3 Å². The fraction of sp³-hybridized carbons (Fsp3) is 0.273. The number of hydrogen-bond acceptors (Lipinski definition) is 5. The molecule has 0 amide bonds. The Bertz CT molecular complexity index is 1200. The number of fused-ring (bicyclic) bond motifs is 1. The fourth-order valence-corrected chi connectivity index (χ4v) is 3.73. The molecular formula is C22H24N4O3. The third kappa shape index (κ3) is 2.99. The second-order valence-corrected chi connectivity index (χ2v) is 7.77. The van der Waals surface area contributed by atoms with Crippen LogP contribution in [0.2, 0.25) is 0 Å². The van der Waals surface area contributed by atoms with Gasteiger partial charge < -0.3 is 19.9 Å². The average Bonchev–Trinajstić information content (AvgIpc) is 3.25. The van der Waals surface area contributed by atoms with Crippen molar-refractivity contribution in [3.05, 3.63) is 48.2 Å². The lowest BCUT2D eigenvalue weighted by Gasteiger charge is -2.14. The van der Waals surface area contributed by atoms with Crippen LogP contribution < -0.4 is 0 Å². The zero-order chi connectivity index (χ0) is 20.9. The highest BCUT2D eigenvalue weighted by Crippen LogP contribution is 2.39. The molecule has 0 saturated heterocycles. The third-order valence-corrected chi connectivity index (χ3v) is 5.19. The summed E-state index contributed by atoms with van der Waals surface area (Å²) < 4.78 is 3.66. The summed E-state index contributed by atoms with van der Waals surface area (Å²) in [6.45, 7) is 8.12. The first-order valence-electron chi connectivity index (χ1n) is 9.60. The van der Waals surface area contributed by atoms with Gasteiger partial charge in [-0.2, -0.15) is 0 Å². The Morgan fingerprint density at radius 2 is 1.66 bits per heavy atom. The Morgan fingerprint density at radius 1 is 0.897 bits per heavy atom. The van der Waals surface area contributed by atoms with Crippen LogP contribution >= 0.6 is 0 Å². The lowest BCUT2D eigenvalue weighted by Crippen LogP contribution is -2.01. The van der Waals surface area contributed by atoms with Crippen molar-refractivity contribution in [3.63, 3.8) is 0 Å². The summed E-state index contributed by atoms with van der Waals surface area (Å²) >= 11 is 0. The maximum Gasteiger partial charge on any atom is 0.319 e. The van der Waals surface area contributed by atoms with E-state index in [0.717, 1.165) is 10.9 Å². The molecule has 0 spiro atoms. The molecule has 0 bridgehead atoms. The van der Waals surface area contributed by atoms with E-state index in [9.17, 15) is 15.3 Å². The van der Waals surface area contributed by atoms with Crippen LogP contribution in [0.4, 0.5) is 0 Å². The zero-order valence-electron chi connectivity index (χ0n) is 16.8.